The minimum absolute atomic E-state index is 0.565. The maximum Gasteiger partial charge on any atom is 0.105 e. The Bertz CT molecular complexity index is 737. The highest BCUT2D eigenvalue weighted by molar-refractivity contribution is 7.23. The number of nitriles is 1. The van der Waals surface area contributed by atoms with E-state index in [4.69, 9.17) is 11.0 Å². The van der Waals surface area contributed by atoms with Crippen molar-refractivity contribution < 1.29 is 0 Å². The molecule has 1 aromatic carbocycles. The number of hydrogen-bond acceptors (Lipinski definition) is 4. The number of nitrogen functional groups attached to an aromatic ring is 1. The van der Waals surface area contributed by atoms with Crippen molar-refractivity contribution in [1.29, 1.82) is 5.26 Å². The Labute approximate surface area is 95.8 Å². The maximum atomic E-state index is 9.12. The van der Waals surface area contributed by atoms with Gasteiger partial charge in [-0.2, -0.15) is 5.26 Å². The van der Waals surface area contributed by atoms with Gasteiger partial charge in [0.1, 0.15) is 11.1 Å². The number of rotatable bonds is 0. The third-order valence-corrected chi connectivity index (χ3v) is 3.52. The molecule has 0 spiro atoms. The van der Waals surface area contributed by atoms with Gasteiger partial charge in [-0.15, -0.1) is 11.3 Å². The number of nitrogens with two attached hydrogens (primary N) is 1. The van der Waals surface area contributed by atoms with Crippen LogP contribution in [0, 0.1) is 11.3 Å². The molecule has 76 valence electrons. The summed E-state index contributed by atoms with van der Waals surface area (Å²) >= 11 is 1.41. The van der Waals surface area contributed by atoms with Crippen LogP contribution in [0.5, 0.6) is 0 Å². The van der Waals surface area contributed by atoms with Crippen molar-refractivity contribution in [1.82, 2.24) is 4.98 Å². The topological polar surface area (TPSA) is 62.7 Å². The standard InChI is InChI=1S/C12H7N3S/c13-5-8-11-7-3-1-2-4-9(7)15-6-10(11)16-12(8)14/h1-4,6H,14H2. The minimum Gasteiger partial charge on any atom is -0.389 e. The van der Waals surface area contributed by atoms with Crippen LogP contribution in [-0.4, -0.2) is 4.98 Å². The van der Waals surface area contributed by atoms with E-state index in [-0.39, 0.29) is 0 Å². The molecule has 0 saturated heterocycles. The van der Waals surface area contributed by atoms with Gasteiger partial charge >= 0.3 is 0 Å². The fraction of sp³-hybridized carbons (Fsp3) is 0. The average molecular weight is 225 g/mol. The molecule has 2 N–H and O–H groups in total. The van der Waals surface area contributed by atoms with Crippen molar-refractivity contribution in [3.63, 3.8) is 0 Å². The monoisotopic (exact) mass is 225 g/mol. The molecule has 16 heavy (non-hydrogen) atoms. The summed E-state index contributed by atoms with van der Waals surface area (Å²) in [5.74, 6) is 0. The lowest BCUT2D eigenvalue weighted by atomic mass is 10.1. The highest BCUT2D eigenvalue weighted by Gasteiger charge is 2.12. The van der Waals surface area contributed by atoms with Crippen LogP contribution in [0.25, 0.3) is 21.0 Å². The Kier molecular flexibility index (Phi) is 1.82. The first kappa shape index (κ1) is 9.13. The Morgan fingerprint density at radius 3 is 2.94 bits per heavy atom. The second-order valence-corrected chi connectivity index (χ2v) is 4.55. The molecular weight excluding hydrogens is 218 g/mol. The highest BCUT2D eigenvalue weighted by atomic mass is 32.1. The van der Waals surface area contributed by atoms with Gasteiger partial charge < -0.3 is 5.73 Å². The molecule has 0 atom stereocenters. The van der Waals surface area contributed by atoms with E-state index in [0.717, 1.165) is 21.0 Å². The molecule has 3 aromatic rings. The molecule has 0 amide bonds. The molecule has 0 saturated carbocycles. The highest BCUT2D eigenvalue weighted by Crippen LogP contribution is 2.36. The van der Waals surface area contributed by atoms with Crippen molar-refractivity contribution in [3.05, 3.63) is 36.0 Å². The van der Waals surface area contributed by atoms with Crippen molar-refractivity contribution >= 4 is 37.3 Å². The van der Waals surface area contributed by atoms with Crippen molar-refractivity contribution in [3.8, 4) is 6.07 Å². The first-order valence-corrected chi connectivity index (χ1v) is 5.58. The number of aromatic nitrogens is 1. The predicted molar refractivity (Wildman–Crippen MR) is 66.3 cm³/mol. The summed E-state index contributed by atoms with van der Waals surface area (Å²) in [7, 11) is 0. The molecule has 2 aromatic heterocycles. The van der Waals surface area contributed by atoms with Gasteiger partial charge in [-0.1, -0.05) is 18.2 Å². The van der Waals surface area contributed by atoms with E-state index < -0.39 is 0 Å². The SMILES string of the molecule is N#Cc1c(N)sc2cnc3ccccc3c12. The van der Waals surface area contributed by atoms with Gasteiger partial charge in [-0.25, -0.2) is 0 Å². The second-order valence-electron chi connectivity index (χ2n) is 3.47. The van der Waals surface area contributed by atoms with E-state index in [1.54, 1.807) is 6.20 Å². The normalized spacial score (nSPS) is 10.7. The Morgan fingerprint density at radius 2 is 2.12 bits per heavy atom. The number of para-hydroxylation sites is 1. The molecule has 4 heteroatoms. The summed E-state index contributed by atoms with van der Waals surface area (Å²) in [5, 5.41) is 11.6. The van der Waals surface area contributed by atoms with E-state index in [9.17, 15) is 0 Å². The molecule has 0 aliphatic rings. The number of benzene rings is 1. The Morgan fingerprint density at radius 1 is 1.31 bits per heavy atom. The first-order chi connectivity index (χ1) is 7.81. The number of thiophene rings is 1. The molecular formula is C12H7N3S. The minimum atomic E-state index is 0.565. The van der Waals surface area contributed by atoms with Crippen LogP contribution in [0.2, 0.25) is 0 Å². The Hall–Kier alpha value is -2.12. The van der Waals surface area contributed by atoms with Gasteiger partial charge in [0, 0.05) is 17.0 Å². The average Bonchev–Trinajstić information content (AvgIpc) is 2.65. The van der Waals surface area contributed by atoms with Crippen molar-refractivity contribution in [2.24, 2.45) is 0 Å². The summed E-state index contributed by atoms with van der Waals surface area (Å²) in [4.78, 5) is 4.34. The molecule has 0 aliphatic heterocycles. The lowest BCUT2D eigenvalue weighted by molar-refractivity contribution is 1.45. The summed E-state index contributed by atoms with van der Waals surface area (Å²) < 4.78 is 0.966. The second kappa shape index (κ2) is 3.19. The molecule has 0 unspecified atom stereocenters. The molecule has 3 nitrogen and oxygen atoms in total. The smallest absolute Gasteiger partial charge is 0.105 e. The van der Waals surface area contributed by atoms with Crippen molar-refractivity contribution in [2.45, 2.75) is 0 Å². The molecule has 3 rings (SSSR count). The zero-order valence-corrected chi connectivity index (χ0v) is 9.08. The van der Waals surface area contributed by atoms with Crippen LogP contribution in [0.15, 0.2) is 30.5 Å². The first-order valence-electron chi connectivity index (χ1n) is 4.77. The number of anilines is 1. The van der Waals surface area contributed by atoms with E-state index in [0.29, 0.717) is 10.6 Å². The third-order valence-electron chi connectivity index (χ3n) is 2.57. The zero-order chi connectivity index (χ0) is 11.1. The lowest BCUT2D eigenvalue weighted by Gasteiger charge is -1.98. The molecule has 0 aliphatic carbocycles. The summed E-state index contributed by atoms with van der Waals surface area (Å²) in [6.45, 7) is 0. The molecule has 0 fully saturated rings. The number of hydrogen-bond donors (Lipinski definition) is 1. The number of fused-ring (bicyclic) bond motifs is 3. The van der Waals surface area contributed by atoms with Gasteiger partial charge in [0.05, 0.1) is 15.8 Å². The van der Waals surface area contributed by atoms with Crippen LogP contribution in [0.3, 0.4) is 0 Å². The van der Waals surface area contributed by atoms with E-state index in [1.165, 1.54) is 11.3 Å². The van der Waals surface area contributed by atoms with E-state index in [2.05, 4.69) is 11.1 Å². The fourth-order valence-electron chi connectivity index (χ4n) is 1.86. The van der Waals surface area contributed by atoms with E-state index in [1.807, 2.05) is 24.3 Å². The summed E-state index contributed by atoms with van der Waals surface area (Å²) in [5.41, 5.74) is 7.28. The quantitative estimate of drug-likeness (QED) is 0.639. The lowest BCUT2D eigenvalue weighted by Crippen LogP contribution is -1.84. The summed E-state index contributed by atoms with van der Waals surface area (Å²) in [6.07, 6.45) is 1.78. The largest absolute Gasteiger partial charge is 0.389 e. The van der Waals surface area contributed by atoms with Crippen LogP contribution in [0.1, 0.15) is 5.56 Å². The maximum absolute atomic E-state index is 9.12. The molecule has 2 heterocycles. The van der Waals surface area contributed by atoms with Gasteiger partial charge in [0.25, 0.3) is 0 Å². The number of pyridine rings is 1. The Balaban J connectivity index is 2.64. The van der Waals surface area contributed by atoms with Crippen LogP contribution >= 0.6 is 11.3 Å². The van der Waals surface area contributed by atoms with Gasteiger partial charge in [0.15, 0.2) is 0 Å². The van der Waals surface area contributed by atoms with Gasteiger partial charge in [-0.3, -0.25) is 4.98 Å². The summed E-state index contributed by atoms with van der Waals surface area (Å²) in [6, 6.07) is 9.95. The van der Waals surface area contributed by atoms with Crippen molar-refractivity contribution in [2.75, 3.05) is 5.73 Å². The zero-order valence-electron chi connectivity index (χ0n) is 8.27. The third kappa shape index (κ3) is 1.09. The van der Waals surface area contributed by atoms with Gasteiger partial charge in [-0.05, 0) is 6.07 Å². The fourth-order valence-corrected chi connectivity index (χ4v) is 2.77. The number of nitrogens with zero attached hydrogens (tertiary/aromatic N) is 2. The van der Waals surface area contributed by atoms with Gasteiger partial charge in [0.2, 0.25) is 0 Å². The predicted octanol–water partition coefficient (Wildman–Crippen LogP) is 2.90. The molecule has 0 bridgehead atoms. The molecule has 0 radical (unpaired) electrons. The van der Waals surface area contributed by atoms with Crippen LogP contribution in [-0.2, 0) is 0 Å². The van der Waals surface area contributed by atoms with E-state index >= 15 is 0 Å². The van der Waals surface area contributed by atoms with Crippen LogP contribution < -0.4 is 5.73 Å². The van der Waals surface area contributed by atoms with Crippen LogP contribution in [0.4, 0.5) is 5.00 Å².